The Bertz CT molecular complexity index is 819. The van der Waals surface area contributed by atoms with Crippen LogP contribution in [0.1, 0.15) is 23.2 Å². The molecule has 24 heavy (non-hydrogen) atoms. The molecular formula is C18H16FNO4. The van der Waals surface area contributed by atoms with E-state index >= 15 is 0 Å². The van der Waals surface area contributed by atoms with E-state index in [4.69, 9.17) is 8.83 Å². The van der Waals surface area contributed by atoms with Crippen LogP contribution in [0.2, 0.25) is 0 Å². The van der Waals surface area contributed by atoms with Crippen LogP contribution in [-0.4, -0.2) is 17.6 Å². The first kappa shape index (κ1) is 16.0. The molecule has 0 radical (unpaired) electrons. The maximum Gasteiger partial charge on any atom is 0.287 e. The second-order valence-electron chi connectivity index (χ2n) is 5.60. The predicted molar refractivity (Wildman–Crippen MR) is 84.7 cm³/mol. The van der Waals surface area contributed by atoms with Gasteiger partial charge in [0.15, 0.2) is 5.76 Å². The van der Waals surface area contributed by atoms with Crippen molar-refractivity contribution in [2.45, 2.75) is 12.5 Å². The molecule has 2 N–H and O–H groups in total. The van der Waals surface area contributed by atoms with E-state index < -0.39 is 11.5 Å². The van der Waals surface area contributed by atoms with Gasteiger partial charge in [-0.1, -0.05) is 0 Å². The van der Waals surface area contributed by atoms with E-state index in [0.717, 1.165) is 0 Å². The third-order valence-corrected chi connectivity index (χ3v) is 3.60. The standard InChI is InChI=1S/C18H16FNO4/c1-18(22,16-3-2-10-23-16)11-20-17(21)15-9-8-14(24-15)12-4-6-13(19)7-5-12/h2-10,22H,11H2,1H3,(H,20,21). The van der Waals surface area contributed by atoms with E-state index in [-0.39, 0.29) is 18.1 Å². The van der Waals surface area contributed by atoms with Gasteiger partial charge in [0.25, 0.3) is 5.91 Å². The smallest absolute Gasteiger partial charge is 0.287 e. The number of aliphatic hydroxyl groups is 1. The first-order valence-electron chi connectivity index (χ1n) is 7.36. The molecule has 0 fully saturated rings. The Morgan fingerprint density at radius 1 is 1.21 bits per heavy atom. The van der Waals surface area contributed by atoms with Gasteiger partial charge in [0.05, 0.1) is 12.8 Å². The van der Waals surface area contributed by atoms with Crippen LogP contribution in [0.3, 0.4) is 0 Å². The van der Waals surface area contributed by atoms with E-state index in [0.29, 0.717) is 17.1 Å². The lowest BCUT2D eigenvalue weighted by Crippen LogP contribution is -2.38. The Labute approximate surface area is 137 Å². The molecule has 1 aromatic carbocycles. The molecule has 1 amide bonds. The molecule has 0 saturated heterocycles. The van der Waals surface area contributed by atoms with Crippen LogP contribution in [0.5, 0.6) is 0 Å². The summed E-state index contributed by atoms with van der Waals surface area (Å²) in [6, 6.07) is 12.2. The average molecular weight is 329 g/mol. The number of rotatable bonds is 5. The highest BCUT2D eigenvalue weighted by Crippen LogP contribution is 2.23. The maximum absolute atomic E-state index is 12.9. The van der Waals surface area contributed by atoms with Gasteiger partial charge in [0, 0.05) is 5.56 Å². The first-order chi connectivity index (χ1) is 11.5. The summed E-state index contributed by atoms with van der Waals surface area (Å²) in [7, 11) is 0. The van der Waals surface area contributed by atoms with Crippen molar-refractivity contribution in [1.29, 1.82) is 0 Å². The van der Waals surface area contributed by atoms with E-state index in [1.54, 1.807) is 30.3 Å². The Morgan fingerprint density at radius 3 is 2.62 bits per heavy atom. The lowest BCUT2D eigenvalue weighted by Gasteiger charge is -2.20. The van der Waals surface area contributed by atoms with Crippen molar-refractivity contribution in [3.63, 3.8) is 0 Å². The number of carbonyl (C=O) groups is 1. The molecule has 6 heteroatoms. The number of halogens is 1. The summed E-state index contributed by atoms with van der Waals surface area (Å²) in [5.41, 5.74) is -0.663. The summed E-state index contributed by atoms with van der Waals surface area (Å²) in [6.45, 7) is 1.50. The third kappa shape index (κ3) is 3.38. The van der Waals surface area contributed by atoms with Crippen molar-refractivity contribution in [1.82, 2.24) is 5.32 Å². The molecule has 0 aliphatic heterocycles. The third-order valence-electron chi connectivity index (χ3n) is 3.60. The zero-order valence-corrected chi connectivity index (χ0v) is 13.0. The van der Waals surface area contributed by atoms with Crippen LogP contribution in [0.15, 0.2) is 63.6 Å². The zero-order valence-electron chi connectivity index (χ0n) is 13.0. The summed E-state index contributed by atoms with van der Waals surface area (Å²) in [5.74, 6) is 0.107. The maximum atomic E-state index is 12.9. The van der Waals surface area contributed by atoms with E-state index in [1.807, 2.05) is 0 Å². The number of furan rings is 2. The van der Waals surface area contributed by atoms with Crippen LogP contribution in [0, 0.1) is 5.82 Å². The highest BCUT2D eigenvalue weighted by Gasteiger charge is 2.27. The monoisotopic (exact) mass is 329 g/mol. The van der Waals surface area contributed by atoms with Crippen molar-refractivity contribution in [2.75, 3.05) is 6.54 Å². The van der Waals surface area contributed by atoms with Crippen LogP contribution in [-0.2, 0) is 5.60 Å². The van der Waals surface area contributed by atoms with Crippen molar-refractivity contribution in [2.24, 2.45) is 0 Å². The topological polar surface area (TPSA) is 75.6 Å². The number of amides is 1. The Morgan fingerprint density at radius 2 is 1.96 bits per heavy atom. The molecule has 3 rings (SSSR count). The SMILES string of the molecule is CC(O)(CNC(=O)c1ccc(-c2ccc(F)cc2)o1)c1ccco1. The van der Waals surface area contributed by atoms with Gasteiger partial charge in [-0.2, -0.15) is 0 Å². The summed E-state index contributed by atoms with van der Waals surface area (Å²) < 4.78 is 23.6. The van der Waals surface area contributed by atoms with E-state index in [2.05, 4.69) is 5.32 Å². The van der Waals surface area contributed by atoms with Gasteiger partial charge in [0.2, 0.25) is 0 Å². The van der Waals surface area contributed by atoms with E-state index in [9.17, 15) is 14.3 Å². The molecule has 0 saturated carbocycles. The molecule has 1 unspecified atom stereocenters. The summed E-state index contributed by atoms with van der Waals surface area (Å²) in [6.07, 6.45) is 1.45. The fourth-order valence-electron chi connectivity index (χ4n) is 2.24. The largest absolute Gasteiger partial charge is 0.466 e. The fraction of sp³-hybridized carbons (Fsp3) is 0.167. The van der Waals surface area contributed by atoms with Gasteiger partial charge in [0.1, 0.15) is 22.9 Å². The van der Waals surface area contributed by atoms with E-state index in [1.165, 1.54) is 31.4 Å². The minimum atomic E-state index is -1.33. The fourth-order valence-corrected chi connectivity index (χ4v) is 2.24. The van der Waals surface area contributed by atoms with Crippen LogP contribution in [0.4, 0.5) is 4.39 Å². The van der Waals surface area contributed by atoms with Gasteiger partial charge < -0.3 is 19.3 Å². The predicted octanol–water partition coefficient (Wildman–Crippen LogP) is 3.32. The number of hydrogen-bond acceptors (Lipinski definition) is 4. The second-order valence-corrected chi connectivity index (χ2v) is 5.60. The lowest BCUT2D eigenvalue weighted by atomic mass is 10.0. The Kier molecular flexibility index (Phi) is 4.22. The van der Waals surface area contributed by atoms with Crippen molar-refractivity contribution in [3.05, 3.63) is 72.1 Å². The minimum Gasteiger partial charge on any atom is -0.466 e. The zero-order chi connectivity index (χ0) is 17.2. The van der Waals surface area contributed by atoms with Crippen molar-refractivity contribution < 1.29 is 23.1 Å². The van der Waals surface area contributed by atoms with Gasteiger partial charge in [-0.05, 0) is 55.5 Å². The quantitative estimate of drug-likeness (QED) is 0.753. The highest BCUT2D eigenvalue weighted by molar-refractivity contribution is 5.92. The molecule has 2 heterocycles. The highest BCUT2D eigenvalue weighted by atomic mass is 19.1. The molecule has 0 bridgehead atoms. The average Bonchev–Trinajstić information content (AvgIpc) is 3.25. The first-order valence-corrected chi connectivity index (χ1v) is 7.36. The van der Waals surface area contributed by atoms with Gasteiger partial charge in [-0.25, -0.2) is 4.39 Å². The lowest BCUT2D eigenvalue weighted by molar-refractivity contribution is 0.0326. The Balaban J connectivity index is 1.67. The number of hydrogen-bond donors (Lipinski definition) is 2. The molecule has 124 valence electrons. The van der Waals surface area contributed by atoms with Gasteiger partial charge in [-0.15, -0.1) is 0 Å². The molecule has 2 aromatic heterocycles. The number of benzene rings is 1. The molecule has 1 atom stereocenters. The second kappa shape index (κ2) is 6.33. The Hall–Kier alpha value is -2.86. The molecule has 0 aliphatic rings. The molecule has 5 nitrogen and oxygen atoms in total. The number of carbonyl (C=O) groups excluding carboxylic acids is 1. The molecule has 3 aromatic rings. The summed E-state index contributed by atoms with van der Waals surface area (Å²) in [4.78, 5) is 12.2. The summed E-state index contributed by atoms with van der Waals surface area (Å²) in [5, 5.41) is 12.9. The van der Waals surface area contributed by atoms with Gasteiger partial charge in [-0.3, -0.25) is 4.79 Å². The van der Waals surface area contributed by atoms with Crippen molar-refractivity contribution in [3.8, 4) is 11.3 Å². The number of nitrogens with one attached hydrogen (secondary N) is 1. The van der Waals surface area contributed by atoms with Crippen LogP contribution < -0.4 is 5.32 Å². The van der Waals surface area contributed by atoms with Crippen LogP contribution >= 0.6 is 0 Å². The molecular weight excluding hydrogens is 313 g/mol. The van der Waals surface area contributed by atoms with Gasteiger partial charge >= 0.3 is 0 Å². The normalized spacial score (nSPS) is 13.5. The minimum absolute atomic E-state index is 0.0358. The van der Waals surface area contributed by atoms with Crippen molar-refractivity contribution >= 4 is 5.91 Å². The van der Waals surface area contributed by atoms with Crippen LogP contribution in [0.25, 0.3) is 11.3 Å². The summed E-state index contributed by atoms with van der Waals surface area (Å²) >= 11 is 0. The molecule has 0 spiro atoms. The molecule has 0 aliphatic carbocycles.